The number of carbonyl (C=O) groups excluding carboxylic acids is 1. The van der Waals surface area contributed by atoms with Crippen LogP contribution in [0.3, 0.4) is 0 Å². The van der Waals surface area contributed by atoms with Crippen molar-refractivity contribution in [2.45, 2.75) is 19.3 Å². The van der Waals surface area contributed by atoms with E-state index in [1.807, 2.05) is 38.4 Å². The summed E-state index contributed by atoms with van der Waals surface area (Å²) in [6.45, 7) is 6.52. The van der Waals surface area contributed by atoms with Gasteiger partial charge in [-0.25, -0.2) is 0 Å². The lowest BCUT2D eigenvalue weighted by Gasteiger charge is -2.34. The quantitative estimate of drug-likeness (QED) is 0.542. The SMILES string of the molecule is CN(C)C(=O)CN1CCN(CCCCCOc2ccc(N)cc2)CC1. The van der Waals surface area contributed by atoms with Gasteiger partial charge in [0.05, 0.1) is 13.2 Å². The summed E-state index contributed by atoms with van der Waals surface area (Å²) in [6, 6.07) is 7.55. The normalized spacial score (nSPS) is 15.9. The van der Waals surface area contributed by atoms with Crippen LogP contribution in [0, 0.1) is 0 Å². The van der Waals surface area contributed by atoms with Crippen LogP contribution in [-0.4, -0.2) is 80.6 Å². The average molecular weight is 348 g/mol. The maximum atomic E-state index is 11.7. The van der Waals surface area contributed by atoms with Gasteiger partial charge in [-0.15, -0.1) is 0 Å². The van der Waals surface area contributed by atoms with Crippen LogP contribution in [-0.2, 0) is 4.79 Å². The smallest absolute Gasteiger partial charge is 0.236 e. The first-order valence-corrected chi connectivity index (χ1v) is 9.18. The van der Waals surface area contributed by atoms with Crippen molar-refractivity contribution in [1.29, 1.82) is 0 Å². The van der Waals surface area contributed by atoms with Crippen LogP contribution in [0.2, 0.25) is 0 Å². The molecule has 0 aromatic heterocycles. The predicted octanol–water partition coefficient (Wildman–Crippen LogP) is 1.52. The molecule has 0 spiro atoms. The Labute approximate surface area is 151 Å². The second kappa shape index (κ2) is 10.3. The number of amides is 1. The first-order valence-electron chi connectivity index (χ1n) is 9.18. The molecule has 1 fully saturated rings. The van der Waals surface area contributed by atoms with E-state index in [0.717, 1.165) is 57.2 Å². The van der Waals surface area contributed by atoms with Crippen LogP contribution in [0.15, 0.2) is 24.3 Å². The summed E-state index contributed by atoms with van der Waals surface area (Å²) in [5.41, 5.74) is 6.42. The average Bonchev–Trinajstić information content (AvgIpc) is 2.60. The molecule has 1 heterocycles. The number of nitrogens with two attached hydrogens (primary N) is 1. The third-order valence-corrected chi connectivity index (χ3v) is 4.59. The number of rotatable bonds is 9. The molecule has 1 aromatic rings. The molecule has 0 aliphatic carbocycles. The maximum absolute atomic E-state index is 11.7. The molecule has 0 bridgehead atoms. The summed E-state index contributed by atoms with van der Waals surface area (Å²) in [6.07, 6.45) is 3.44. The minimum atomic E-state index is 0.189. The van der Waals surface area contributed by atoms with E-state index < -0.39 is 0 Å². The minimum absolute atomic E-state index is 0.189. The van der Waals surface area contributed by atoms with Gasteiger partial charge in [0.25, 0.3) is 0 Å². The van der Waals surface area contributed by atoms with Crippen LogP contribution in [0.25, 0.3) is 0 Å². The van der Waals surface area contributed by atoms with Crippen molar-refractivity contribution < 1.29 is 9.53 Å². The highest BCUT2D eigenvalue weighted by atomic mass is 16.5. The third kappa shape index (κ3) is 7.32. The van der Waals surface area contributed by atoms with Crippen molar-refractivity contribution in [3.05, 3.63) is 24.3 Å². The molecule has 2 rings (SSSR count). The largest absolute Gasteiger partial charge is 0.494 e. The van der Waals surface area contributed by atoms with Crippen molar-refractivity contribution in [3.63, 3.8) is 0 Å². The highest BCUT2D eigenvalue weighted by molar-refractivity contribution is 5.77. The summed E-state index contributed by atoms with van der Waals surface area (Å²) in [7, 11) is 3.63. The van der Waals surface area contributed by atoms with Crippen LogP contribution in [0.4, 0.5) is 5.69 Å². The number of carbonyl (C=O) groups is 1. The van der Waals surface area contributed by atoms with E-state index in [9.17, 15) is 4.79 Å². The number of piperazine rings is 1. The lowest BCUT2D eigenvalue weighted by molar-refractivity contribution is -0.130. The monoisotopic (exact) mass is 348 g/mol. The number of ether oxygens (including phenoxy) is 1. The number of hydrogen-bond acceptors (Lipinski definition) is 5. The van der Waals surface area contributed by atoms with E-state index in [-0.39, 0.29) is 5.91 Å². The predicted molar refractivity (Wildman–Crippen MR) is 102 cm³/mol. The van der Waals surface area contributed by atoms with E-state index in [2.05, 4.69) is 9.80 Å². The molecule has 1 aromatic carbocycles. The second-order valence-electron chi connectivity index (χ2n) is 6.88. The van der Waals surface area contributed by atoms with Crippen molar-refractivity contribution in [1.82, 2.24) is 14.7 Å². The standard InChI is InChI=1S/C19H32N4O2/c1-21(2)19(24)16-23-13-11-22(12-14-23)10-4-3-5-15-25-18-8-6-17(20)7-9-18/h6-9H,3-5,10-16,20H2,1-2H3. The summed E-state index contributed by atoms with van der Waals surface area (Å²) in [5.74, 6) is 1.08. The Morgan fingerprint density at radius 1 is 1.04 bits per heavy atom. The third-order valence-electron chi connectivity index (χ3n) is 4.59. The number of anilines is 1. The Bertz CT molecular complexity index is 511. The molecule has 1 aliphatic rings. The fourth-order valence-electron chi connectivity index (χ4n) is 2.87. The molecule has 1 aliphatic heterocycles. The number of likely N-dealkylation sites (N-methyl/N-ethyl adjacent to an activating group) is 1. The molecule has 1 amide bonds. The molecule has 0 saturated carbocycles. The molecule has 1 saturated heterocycles. The summed E-state index contributed by atoms with van der Waals surface area (Å²) in [4.78, 5) is 18.1. The molecule has 25 heavy (non-hydrogen) atoms. The Hall–Kier alpha value is -1.79. The molecule has 6 heteroatoms. The molecule has 2 N–H and O–H groups in total. The molecule has 0 atom stereocenters. The first-order chi connectivity index (χ1) is 12.0. The van der Waals surface area contributed by atoms with Gasteiger partial charge in [0.15, 0.2) is 0 Å². The minimum Gasteiger partial charge on any atom is -0.494 e. The van der Waals surface area contributed by atoms with Crippen molar-refractivity contribution in [2.75, 3.05) is 65.7 Å². The van der Waals surface area contributed by atoms with Gasteiger partial charge in [-0.2, -0.15) is 0 Å². The van der Waals surface area contributed by atoms with Crippen molar-refractivity contribution in [2.24, 2.45) is 0 Å². The number of nitrogens with zero attached hydrogens (tertiary/aromatic N) is 3. The highest BCUT2D eigenvalue weighted by Gasteiger charge is 2.19. The van der Waals surface area contributed by atoms with Crippen LogP contribution in [0.5, 0.6) is 5.75 Å². The van der Waals surface area contributed by atoms with Gasteiger partial charge in [-0.05, 0) is 50.1 Å². The number of hydrogen-bond donors (Lipinski definition) is 1. The number of nitrogen functional groups attached to an aromatic ring is 1. The first kappa shape index (κ1) is 19.5. The molecule has 0 radical (unpaired) electrons. The Morgan fingerprint density at radius 2 is 1.68 bits per heavy atom. The van der Waals surface area contributed by atoms with Gasteiger partial charge in [-0.1, -0.05) is 0 Å². The van der Waals surface area contributed by atoms with Crippen molar-refractivity contribution in [3.8, 4) is 5.75 Å². The second-order valence-corrected chi connectivity index (χ2v) is 6.88. The van der Waals surface area contributed by atoms with E-state index in [1.165, 1.54) is 12.8 Å². The van der Waals surface area contributed by atoms with E-state index in [1.54, 1.807) is 4.90 Å². The molecule has 140 valence electrons. The van der Waals surface area contributed by atoms with Gasteiger partial charge in [0.2, 0.25) is 5.91 Å². The lowest BCUT2D eigenvalue weighted by atomic mass is 10.2. The van der Waals surface area contributed by atoms with Gasteiger partial charge in [0.1, 0.15) is 5.75 Å². The lowest BCUT2D eigenvalue weighted by Crippen LogP contribution is -2.49. The summed E-state index contributed by atoms with van der Waals surface area (Å²) in [5, 5.41) is 0. The van der Waals surface area contributed by atoms with E-state index in [4.69, 9.17) is 10.5 Å². The Morgan fingerprint density at radius 3 is 2.32 bits per heavy atom. The summed E-state index contributed by atoms with van der Waals surface area (Å²) < 4.78 is 5.71. The van der Waals surface area contributed by atoms with E-state index in [0.29, 0.717) is 6.54 Å². The zero-order valence-corrected chi connectivity index (χ0v) is 15.6. The van der Waals surface area contributed by atoms with Crippen LogP contribution < -0.4 is 10.5 Å². The van der Waals surface area contributed by atoms with Crippen LogP contribution in [0.1, 0.15) is 19.3 Å². The molecule has 6 nitrogen and oxygen atoms in total. The summed E-state index contributed by atoms with van der Waals surface area (Å²) >= 11 is 0. The zero-order chi connectivity index (χ0) is 18.1. The van der Waals surface area contributed by atoms with Gasteiger partial charge >= 0.3 is 0 Å². The highest BCUT2D eigenvalue weighted by Crippen LogP contribution is 2.13. The molecule has 0 unspecified atom stereocenters. The Balaban J connectivity index is 1.49. The van der Waals surface area contributed by atoms with Gasteiger partial charge in [0, 0.05) is 46.0 Å². The maximum Gasteiger partial charge on any atom is 0.236 e. The Kier molecular flexibility index (Phi) is 8.01. The fourth-order valence-corrected chi connectivity index (χ4v) is 2.87. The topological polar surface area (TPSA) is 62.0 Å². The zero-order valence-electron chi connectivity index (χ0n) is 15.6. The number of unbranched alkanes of at least 4 members (excludes halogenated alkanes) is 2. The van der Waals surface area contributed by atoms with Crippen LogP contribution >= 0.6 is 0 Å². The number of benzene rings is 1. The van der Waals surface area contributed by atoms with E-state index >= 15 is 0 Å². The molecular weight excluding hydrogens is 316 g/mol. The van der Waals surface area contributed by atoms with Gasteiger partial charge in [-0.3, -0.25) is 9.69 Å². The fraction of sp³-hybridized carbons (Fsp3) is 0.632. The molecular formula is C19H32N4O2. The van der Waals surface area contributed by atoms with Gasteiger partial charge < -0.3 is 20.3 Å². The van der Waals surface area contributed by atoms with Crippen molar-refractivity contribution >= 4 is 11.6 Å².